The van der Waals surface area contributed by atoms with Crippen LogP contribution in [0.15, 0.2) is 77.9 Å². The van der Waals surface area contributed by atoms with Gasteiger partial charge in [-0.25, -0.2) is 9.82 Å². The minimum Gasteiger partial charge on any atom is -0.488 e. The van der Waals surface area contributed by atoms with Crippen molar-refractivity contribution in [2.75, 3.05) is 5.32 Å². The minimum absolute atomic E-state index is 0.404. The number of aryl methyl sites for hydroxylation is 1. The Morgan fingerprint density at radius 2 is 1.68 bits per heavy atom. The summed E-state index contributed by atoms with van der Waals surface area (Å²) in [7, 11) is 0. The maximum absolute atomic E-state index is 12.9. The highest BCUT2D eigenvalue weighted by atomic mass is 19.1. The number of halogens is 1. The Balaban J connectivity index is 1.50. The van der Waals surface area contributed by atoms with Crippen LogP contribution in [0.4, 0.5) is 10.1 Å². The Labute approximate surface area is 179 Å². The molecule has 0 bridgehead atoms. The van der Waals surface area contributed by atoms with Crippen LogP contribution in [0.3, 0.4) is 0 Å². The molecule has 0 spiro atoms. The van der Waals surface area contributed by atoms with E-state index in [1.165, 1.54) is 36.0 Å². The molecule has 3 rings (SSSR count). The molecule has 0 saturated heterocycles. The molecule has 0 aliphatic rings. The number of hydrazone groups is 1. The van der Waals surface area contributed by atoms with Crippen LogP contribution in [-0.2, 0) is 16.2 Å². The molecule has 0 saturated carbocycles. The third-order valence-corrected chi connectivity index (χ3v) is 4.28. The number of amides is 2. The smallest absolute Gasteiger partial charge is 0.249 e. The van der Waals surface area contributed by atoms with Gasteiger partial charge in [0.15, 0.2) is 0 Å². The van der Waals surface area contributed by atoms with Crippen molar-refractivity contribution in [1.82, 2.24) is 5.43 Å². The fraction of sp³-hybridized carbons (Fsp3) is 0.125. The second kappa shape index (κ2) is 10.7. The first-order valence-corrected chi connectivity index (χ1v) is 9.64. The SMILES string of the molecule is Cc1ccc(COc2ccccc2C=NNC(=O)CC(=O)Nc2ccc(F)cc2)cc1. The van der Waals surface area contributed by atoms with Crippen LogP contribution < -0.4 is 15.5 Å². The van der Waals surface area contributed by atoms with E-state index in [1.54, 1.807) is 6.07 Å². The largest absolute Gasteiger partial charge is 0.488 e. The molecule has 0 aliphatic heterocycles. The van der Waals surface area contributed by atoms with Crippen LogP contribution in [0.2, 0.25) is 0 Å². The minimum atomic E-state index is -0.575. The highest BCUT2D eigenvalue weighted by Gasteiger charge is 2.09. The first-order chi connectivity index (χ1) is 15.0. The lowest BCUT2D eigenvalue weighted by atomic mass is 10.1. The van der Waals surface area contributed by atoms with E-state index in [0.717, 1.165) is 5.56 Å². The number of nitrogens with zero attached hydrogens (tertiary/aromatic N) is 1. The maximum Gasteiger partial charge on any atom is 0.249 e. The van der Waals surface area contributed by atoms with Crippen molar-refractivity contribution in [3.63, 3.8) is 0 Å². The van der Waals surface area contributed by atoms with Gasteiger partial charge in [0, 0.05) is 11.3 Å². The summed E-state index contributed by atoms with van der Waals surface area (Å²) in [6, 6.07) is 20.6. The molecule has 0 radical (unpaired) electrons. The molecule has 0 aromatic heterocycles. The number of carbonyl (C=O) groups is 2. The third kappa shape index (κ3) is 7.08. The molecule has 0 unspecified atom stereocenters. The van der Waals surface area contributed by atoms with E-state index in [2.05, 4.69) is 15.8 Å². The van der Waals surface area contributed by atoms with Gasteiger partial charge in [-0.1, -0.05) is 42.0 Å². The number of carbonyl (C=O) groups excluding carboxylic acids is 2. The fourth-order valence-corrected chi connectivity index (χ4v) is 2.66. The van der Waals surface area contributed by atoms with E-state index in [1.807, 2.05) is 49.4 Å². The Morgan fingerprint density at radius 3 is 2.42 bits per heavy atom. The van der Waals surface area contributed by atoms with Crippen molar-refractivity contribution >= 4 is 23.7 Å². The molecule has 3 aromatic rings. The van der Waals surface area contributed by atoms with E-state index >= 15 is 0 Å². The molecule has 7 heteroatoms. The van der Waals surface area contributed by atoms with E-state index < -0.39 is 24.1 Å². The summed E-state index contributed by atoms with van der Waals surface area (Å²) >= 11 is 0. The Hall–Kier alpha value is -4.00. The molecule has 2 N–H and O–H groups in total. The first-order valence-electron chi connectivity index (χ1n) is 9.64. The van der Waals surface area contributed by atoms with Crippen molar-refractivity contribution in [3.05, 3.63) is 95.3 Å². The number of nitrogens with one attached hydrogen (secondary N) is 2. The molecule has 0 aliphatic carbocycles. The molecule has 0 fully saturated rings. The Bertz CT molecular complexity index is 1060. The molecule has 2 amide bonds. The molecular formula is C24H22FN3O3. The Kier molecular flexibility index (Phi) is 7.48. The van der Waals surface area contributed by atoms with Crippen molar-refractivity contribution in [2.45, 2.75) is 20.0 Å². The average molecular weight is 419 g/mol. The van der Waals surface area contributed by atoms with E-state index in [9.17, 15) is 14.0 Å². The number of para-hydroxylation sites is 1. The molecule has 3 aromatic carbocycles. The normalized spacial score (nSPS) is 10.6. The van der Waals surface area contributed by atoms with Gasteiger partial charge in [-0.3, -0.25) is 9.59 Å². The number of rotatable bonds is 8. The van der Waals surface area contributed by atoms with Gasteiger partial charge in [0.25, 0.3) is 0 Å². The van der Waals surface area contributed by atoms with Crippen molar-refractivity contribution in [1.29, 1.82) is 0 Å². The maximum atomic E-state index is 12.9. The van der Waals surface area contributed by atoms with Gasteiger partial charge in [0.05, 0.1) is 6.21 Å². The first kappa shape index (κ1) is 21.7. The van der Waals surface area contributed by atoms with Gasteiger partial charge in [-0.15, -0.1) is 0 Å². The standard InChI is InChI=1S/C24H22FN3O3/c1-17-6-8-18(9-7-17)16-31-22-5-3-2-4-19(22)15-26-28-24(30)14-23(29)27-21-12-10-20(25)11-13-21/h2-13,15H,14,16H2,1H3,(H,27,29)(H,28,30). The summed E-state index contributed by atoms with van der Waals surface area (Å²) in [5.74, 6) is -0.890. The van der Waals surface area contributed by atoms with Crippen LogP contribution in [0.25, 0.3) is 0 Å². The monoisotopic (exact) mass is 419 g/mol. The van der Waals surface area contributed by atoms with Gasteiger partial charge < -0.3 is 10.1 Å². The average Bonchev–Trinajstić information content (AvgIpc) is 2.76. The molecule has 158 valence electrons. The van der Waals surface area contributed by atoms with Crippen molar-refractivity contribution in [3.8, 4) is 5.75 Å². The number of hydrogen-bond acceptors (Lipinski definition) is 4. The number of ether oxygens (including phenoxy) is 1. The van der Waals surface area contributed by atoms with Crippen LogP contribution in [0.5, 0.6) is 5.75 Å². The summed E-state index contributed by atoms with van der Waals surface area (Å²) in [5.41, 5.74) is 5.63. The lowest BCUT2D eigenvalue weighted by Gasteiger charge is -2.09. The van der Waals surface area contributed by atoms with E-state index in [4.69, 9.17) is 4.74 Å². The van der Waals surface area contributed by atoms with Crippen molar-refractivity contribution in [2.24, 2.45) is 5.10 Å². The van der Waals surface area contributed by atoms with Crippen LogP contribution in [0.1, 0.15) is 23.1 Å². The van der Waals surface area contributed by atoms with Gasteiger partial charge in [-0.2, -0.15) is 5.10 Å². The number of hydrogen-bond donors (Lipinski definition) is 2. The zero-order chi connectivity index (χ0) is 22.1. The Morgan fingerprint density at radius 1 is 0.968 bits per heavy atom. The molecular weight excluding hydrogens is 397 g/mol. The molecule has 6 nitrogen and oxygen atoms in total. The zero-order valence-corrected chi connectivity index (χ0v) is 17.0. The summed E-state index contributed by atoms with van der Waals surface area (Å²) in [6.45, 7) is 2.43. The topological polar surface area (TPSA) is 79.8 Å². The fourth-order valence-electron chi connectivity index (χ4n) is 2.66. The lowest BCUT2D eigenvalue weighted by Crippen LogP contribution is -2.24. The number of anilines is 1. The highest BCUT2D eigenvalue weighted by molar-refractivity contribution is 6.03. The van der Waals surface area contributed by atoms with Crippen molar-refractivity contribution < 1.29 is 18.7 Å². The van der Waals surface area contributed by atoms with E-state index in [-0.39, 0.29) is 0 Å². The molecule has 31 heavy (non-hydrogen) atoms. The van der Waals surface area contributed by atoms with Crippen LogP contribution >= 0.6 is 0 Å². The molecule has 0 atom stereocenters. The van der Waals surface area contributed by atoms with E-state index in [0.29, 0.717) is 23.6 Å². The predicted octanol–water partition coefficient (Wildman–Crippen LogP) is 4.19. The second-order valence-electron chi connectivity index (χ2n) is 6.84. The number of benzene rings is 3. The highest BCUT2D eigenvalue weighted by Crippen LogP contribution is 2.18. The van der Waals surface area contributed by atoms with Gasteiger partial charge in [0.2, 0.25) is 11.8 Å². The third-order valence-electron chi connectivity index (χ3n) is 4.28. The zero-order valence-electron chi connectivity index (χ0n) is 17.0. The summed E-state index contributed by atoms with van der Waals surface area (Å²) < 4.78 is 18.8. The van der Waals surface area contributed by atoms with Gasteiger partial charge in [-0.05, 0) is 48.9 Å². The predicted molar refractivity (Wildman–Crippen MR) is 117 cm³/mol. The van der Waals surface area contributed by atoms with Gasteiger partial charge >= 0.3 is 0 Å². The van der Waals surface area contributed by atoms with Gasteiger partial charge in [0.1, 0.15) is 24.6 Å². The second-order valence-corrected chi connectivity index (χ2v) is 6.84. The summed E-state index contributed by atoms with van der Waals surface area (Å²) in [4.78, 5) is 23.8. The summed E-state index contributed by atoms with van der Waals surface area (Å²) in [5, 5.41) is 6.42. The quantitative estimate of drug-likeness (QED) is 0.326. The summed E-state index contributed by atoms with van der Waals surface area (Å²) in [6.07, 6.45) is 1.04. The molecule has 0 heterocycles. The lowest BCUT2D eigenvalue weighted by molar-refractivity contribution is -0.126. The van der Waals surface area contributed by atoms with Crippen LogP contribution in [-0.4, -0.2) is 18.0 Å². The van der Waals surface area contributed by atoms with Crippen LogP contribution in [0, 0.1) is 12.7 Å².